The Hall–Kier alpha value is -4.42. The summed E-state index contributed by atoms with van der Waals surface area (Å²) in [5.41, 5.74) is 1.78. The van der Waals surface area contributed by atoms with Gasteiger partial charge in [0, 0.05) is 59.5 Å². The third kappa shape index (κ3) is 10.1. The van der Waals surface area contributed by atoms with Crippen molar-refractivity contribution in [1.29, 1.82) is 0 Å². The van der Waals surface area contributed by atoms with E-state index in [0.29, 0.717) is 23.3 Å². The number of carbonyl (C=O) groups is 4. The van der Waals surface area contributed by atoms with E-state index in [1.807, 2.05) is 48.5 Å². The molecular formula is C40H56N4O8. The monoisotopic (exact) mass is 720 g/mol. The summed E-state index contributed by atoms with van der Waals surface area (Å²) in [5.74, 6) is -0.887. The SMILES string of the molecule is COc1ccc(C(=O)NC2CCN(C)C23CCCCC3)cc1.COc1ccc(C(=O)NC2CCN(C)C23CCCCC3)cc1.O=C(O)/C=C/C(=O)O. The van der Waals surface area contributed by atoms with Crippen molar-refractivity contribution in [3.63, 3.8) is 0 Å². The van der Waals surface area contributed by atoms with Crippen molar-refractivity contribution in [1.82, 2.24) is 20.4 Å². The number of hydrogen-bond donors (Lipinski definition) is 4. The van der Waals surface area contributed by atoms with Gasteiger partial charge in [-0.15, -0.1) is 0 Å². The molecule has 4 fully saturated rings. The second-order valence-electron chi connectivity index (χ2n) is 14.3. The first-order valence-corrected chi connectivity index (χ1v) is 18.4. The van der Waals surface area contributed by atoms with E-state index in [0.717, 1.165) is 37.4 Å². The molecule has 4 N–H and O–H groups in total. The first-order chi connectivity index (χ1) is 24.9. The zero-order valence-corrected chi connectivity index (χ0v) is 31.1. The molecule has 2 aromatic rings. The first kappa shape index (κ1) is 40.4. The molecule has 2 saturated carbocycles. The number of carboxylic acid groups (broad SMARTS) is 2. The molecule has 2 aliphatic heterocycles. The van der Waals surface area contributed by atoms with Crippen LogP contribution in [0.25, 0.3) is 0 Å². The molecule has 2 heterocycles. The summed E-state index contributed by atoms with van der Waals surface area (Å²) >= 11 is 0. The van der Waals surface area contributed by atoms with Crippen LogP contribution >= 0.6 is 0 Å². The molecule has 2 unspecified atom stereocenters. The highest BCUT2D eigenvalue weighted by atomic mass is 16.5. The third-order valence-electron chi connectivity index (χ3n) is 11.4. The van der Waals surface area contributed by atoms with E-state index >= 15 is 0 Å². The number of ether oxygens (including phenoxy) is 2. The highest BCUT2D eigenvalue weighted by Gasteiger charge is 2.49. The molecule has 284 valence electrons. The van der Waals surface area contributed by atoms with E-state index in [1.54, 1.807) is 14.2 Å². The van der Waals surface area contributed by atoms with Gasteiger partial charge in [-0.2, -0.15) is 0 Å². The number of likely N-dealkylation sites (tertiary alicyclic amines) is 2. The van der Waals surface area contributed by atoms with Crippen molar-refractivity contribution in [3.05, 3.63) is 71.8 Å². The molecule has 6 rings (SSSR count). The summed E-state index contributed by atoms with van der Waals surface area (Å²) in [7, 11) is 7.70. The van der Waals surface area contributed by atoms with Crippen molar-refractivity contribution in [2.75, 3.05) is 41.4 Å². The maximum Gasteiger partial charge on any atom is 0.328 e. The smallest absolute Gasteiger partial charge is 0.328 e. The summed E-state index contributed by atoms with van der Waals surface area (Å²) in [6.07, 6.45) is 15.8. The van der Waals surface area contributed by atoms with Gasteiger partial charge in [0.1, 0.15) is 11.5 Å². The minimum absolute atomic E-state index is 0.0351. The molecule has 12 nitrogen and oxygen atoms in total. The molecule has 2 amide bonds. The van der Waals surface area contributed by atoms with Crippen molar-refractivity contribution in [2.24, 2.45) is 0 Å². The minimum Gasteiger partial charge on any atom is -0.497 e. The fraction of sp³-hybridized carbons (Fsp3) is 0.550. The molecule has 2 aromatic carbocycles. The number of amides is 2. The van der Waals surface area contributed by atoms with Crippen LogP contribution in [-0.4, -0.2) is 108 Å². The Morgan fingerprint density at radius 1 is 0.615 bits per heavy atom. The van der Waals surface area contributed by atoms with Crippen LogP contribution in [0, 0.1) is 0 Å². The van der Waals surface area contributed by atoms with Gasteiger partial charge in [-0.05, 0) is 101 Å². The van der Waals surface area contributed by atoms with Crippen molar-refractivity contribution in [3.8, 4) is 11.5 Å². The Morgan fingerprint density at radius 3 is 1.23 bits per heavy atom. The van der Waals surface area contributed by atoms with Crippen LogP contribution in [0.4, 0.5) is 0 Å². The van der Waals surface area contributed by atoms with E-state index in [9.17, 15) is 19.2 Å². The molecule has 2 spiro atoms. The van der Waals surface area contributed by atoms with Crippen LogP contribution in [0.2, 0.25) is 0 Å². The number of likely N-dealkylation sites (N-methyl/N-ethyl adjacent to an activating group) is 2. The topological polar surface area (TPSA) is 158 Å². The third-order valence-corrected chi connectivity index (χ3v) is 11.4. The lowest BCUT2D eigenvalue weighted by molar-refractivity contribution is -0.134. The lowest BCUT2D eigenvalue weighted by atomic mass is 9.77. The van der Waals surface area contributed by atoms with Crippen LogP contribution in [0.1, 0.15) is 97.8 Å². The average Bonchev–Trinajstić information content (AvgIpc) is 3.61. The summed E-state index contributed by atoms with van der Waals surface area (Å²) in [6.45, 7) is 2.15. The molecular weight excluding hydrogens is 664 g/mol. The summed E-state index contributed by atoms with van der Waals surface area (Å²) < 4.78 is 10.3. The number of nitrogens with one attached hydrogen (secondary N) is 2. The van der Waals surface area contributed by atoms with Gasteiger partial charge in [0.2, 0.25) is 0 Å². The van der Waals surface area contributed by atoms with Gasteiger partial charge in [0.15, 0.2) is 0 Å². The molecule has 2 aliphatic carbocycles. The standard InChI is InChI=1S/2C18H26N2O2.C4H4O4/c2*1-20-13-10-16(18(20)11-4-3-5-12-18)19-17(21)14-6-8-15(22-2)9-7-14;5-3(6)1-2-4(7)8/h2*6-9,16H,3-5,10-13H2,1-2H3,(H,19,21);1-2H,(H,5,6)(H,7,8)/b;;2-1+. The molecule has 2 saturated heterocycles. The van der Waals surface area contributed by atoms with Crippen LogP contribution in [0.3, 0.4) is 0 Å². The largest absolute Gasteiger partial charge is 0.497 e. The number of methoxy groups -OCH3 is 2. The molecule has 0 radical (unpaired) electrons. The summed E-state index contributed by atoms with van der Waals surface area (Å²) in [6, 6.07) is 15.2. The number of nitrogens with zero attached hydrogens (tertiary/aromatic N) is 2. The van der Waals surface area contributed by atoms with Gasteiger partial charge >= 0.3 is 11.9 Å². The number of carboxylic acids is 2. The second kappa shape index (κ2) is 18.9. The van der Waals surface area contributed by atoms with Crippen LogP contribution < -0.4 is 20.1 Å². The molecule has 12 heteroatoms. The van der Waals surface area contributed by atoms with Crippen molar-refractivity contribution in [2.45, 2.75) is 100 Å². The Bertz CT molecular complexity index is 1400. The second-order valence-corrected chi connectivity index (χ2v) is 14.3. The summed E-state index contributed by atoms with van der Waals surface area (Å²) in [4.78, 5) is 49.2. The Labute approximate surface area is 307 Å². The number of benzene rings is 2. The highest BCUT2D eigenvalue weighted by Crippen LogP contribution is 2.42. The van der Waals surface area contributed by atoms with E-state index < -0.39 is 11.9 Å². The van der Waals surface area contributed by atoms with Crippen molar-refractivity contribution < 1.29 is 38.9 Å². The predicted octanol–water partition coefficient (Wildman–Crippen LogP) is 5.38. The van der Waals surface area contributed by atoms with Crippen LogP contribution in [0.5, 0.6) is 11.5 Å². The molecule has 2 atom stereocenters. The number of rotatable bonds is 8. The van der Waals surface area contributed by atoms with E-state index in [4.69, 9.17) is 19.7 Å². The predicted molar refractivity (Wildman–Crippen MR) is 199 cm³/mol. The highest BCUT2D eigenvalue weighted by molar-refractivity contribution is 5.95. The average molecular weight is 721 g/mol. The maximum absolute atomic E-state index is 12.6. The maximum atomic E-state index is 12.6. The zero-order chi connectivity index (χ0) is 37.7. The number of aliphatic carboxylic acids is 2. The van der Waals surface area contributed by atoms with Gasteiger partial charge in [-0.1, -0.05) is 38.5 Å². The normalized spacial score (nSPS) is 22.1. The fourth-order valence-corrected chi connectivity index (χ4v) is 8.47. The number of carbonyl (C=O) groups excluding carboxylic acids is 2. The molecule has 4 aliphatic rings. The van der Waals surface area contributed by atoms with E-state index in [-0.39, 0.29) is 35.0 Å². The van der Waals surface area contributed by atoms with Crippen LogP contribution in [0.15, 0.2) is 60.7 Å². The van der Waals surface area contributed by atoms with Crippen LogP contribution in [-0.2, 0) is 9.59 Å². The van der Waals surface area contributed by atoms with Crippen molar-refractivity contribution >= 4 is 23.8 Å². The zero-order valence-electron chi connectivity index (χ0n) is 31.1. The lowest BCUT2D eigenvalue weighted by Gasteiger charge is -2.44. The quantitative estimate of drug-likeness (QED) is 0.261. The van der Waals surface area contributed by atoms with Gasteiger partial charge in [0.25, 0.3) is 11.8 Å². The first-order valence-electron chi connectivity index (χ1n) is 18.4. The Kier molecular flexibility index (Phi) is 14.7. The molecule has 0 bridgehead atoms. The summed E-state index contributed by atoms with van der Waals surface area (Å²) in [5, 5.41) is 22.2. The van der Waals surface area contributed by atoms with E-state index in [1.165, 1.54) is 64.2 Å². The molecule has 0 aromatic heterocycles. The lowest BCUT2D eigenvalue weighted by Crippen LogP contribution is -2.56. The van der Waals surface area contributed by atoms with Gasteiger partial charge < -0.3 is 30.3 Å². The van der Waals surface area contributed by atoms with Gasteiger partial charge in [-0.3, -0.25) is 19.4 Å². The fourth-order valence-electron chi connectivity index (χ4n) is 8.47. The Balaban J connectivity index is 0.000000193. The van der Waals surface area contributed by atoms with E-state index in [2.05, 4.69) is 34.5 Å². The number of hydrogen-bond acceptors (Lipinski definition) is 8. The molecule has 52 heavy (non-hydrogen) atoms. The van der Waals surface area contributed by atoms with Gasteiger partial charge in [-0.25, -0.2) is 9.59 Å². The van der Waals surface area contributed by atoms with Gasteiger partial charge in [0.05, 0.1) is 14.2 Å². The minimum atomic E-state index is -1.26. The Morgan fingerprint density at radius 2 is 0.942 bits per heavy atom.